The first-order chi connectivity index (χ1) is 25.6. The van der Waals surface area contributed by atoms with E-state index in [4.69, 9.17) is 9.97 Å². The van der Waals surface area contributed by atoms with Gasteiger partial charge in [-0.05, 0) is 81.3 Å². The van der Waals surface area contributed by atoms with Crippen molar-refractivity contribution in [3.8, 4) is 73.4 Å². The summed E-state index contributed by atoms with van der Waals surface area (Å²) < 4.78 is 0. The van der Waals surface area contributed by atoms with E-state index in [1.807, 2.05) is 48.5 Å². The van der Waals surface area contributed by atoms with Crippen LogP contribution < -0.4 is 0 Å². The first kappa shape index (κ1) is 31.1. The number of aromatic nitrogens is 2. The van der Waals surface area contributed by atoms with E-state index in [0.29, 0.717) is 11.4 Å². The van der Waals surface area contributed by atoms with Crippen LogP contribution in [0.5, 0.6) is 0 Å². The van der Waals surface area contributed by atoms with Gasteiger partial charge in [-0.25, -0.2) is 9.97 Å². The van der Waals surface area contributed by atoms with E-state index in [2.05, 4.69) is 146 Å². The fraction of sp³-hybridized carbons (Fsp3) is 0.0408. The van der Waals surface area contributed by atoms with Crippen molar-refractivity contribution in [2.24, 2.45) is 0 Å². The van der Waals surface area contributed by atoms with Gasteiger partial charge in [0.25, 0.3) is 0 Å². The minimum atomic E-state index is -0.336. The molecule has 0 aliphatic heterocycles. The van der Waals surface area contributed by atoms with Gasteiger partial charge in [0.15, 0.2) is 5.82 Å². The average Bonchev–Trinajstić information content (AvgIpc) is 3.50. The van der Waals surface area contributed by atoms with Gasteiger partial charge >= 0.3 is 0 Å². The van der Waals surface area contributed by atoms with Gasteiger partial charge in [-0.2, -0.15) is 5.26 Å². The lowest BCUT2D eigenvalue weighted by molar-refractivity contribution is 0.714. The summed E-state index contributed by atoms with van der Waals surface area (Å²) >= 11 is 0. The van der Waals surface area contributed by atoms with Crippen LogP contribution in [0.2, 0.25) is 0 Å². The lowest BCUT2D eigenvalue weighted by atomic mass is 9.73. The summed E-state index contributed by atoms with van der Waals surface area (Å²) in [5.74, 6) is 0.690. The van der Waals surface area contributed by atoms with E-state index in [0.717, 1.165) is 50.3 Å². The zero-order valence-corrected chi connectivity index (χ0v) is 28.7. The number of fused-ring (bicyclic) bond motifs is 3. The van der Waals surface area contributed by atoms with Crippen LogP contribution in [-0.2, 0) is 5.41 Å². The number of nitriles is 1. The summed E-state index contributed by atoms with van der Waals surface area (Å²) in [5, 5.41) is 9.67. The Bertz CT molecular complexity index is 2560. The first-order valence-corrected chi connectivity index (χ1v) is 17.6. The molecule has 1 unspecified atom stereocenters. The van der Waals surface area contributed by atoms with Crippen molar-refractivity contribution in [3.05, 3.63) is 204 Å². The predicted octanol–water partition coefficient (Wildman–Crippen LogP) is 12.0. The van der Waals surface area contributed by atoms with Crippen LogP contribution in [0.1, 0.15) is 29.2 Å². The van der Waals surface area contributed by atoms with Gasteiger partial charge < -0.3 is 0 Å². The van der Waals surface area contributed by atoms with Gasteiger partial charge in [-0.15, -0.1) is 0 Å². The van der Waals surface area contributed by atoms with E-state index in [1.165, 1.54) is 27.8 Å². The number of rotatable bonds is 6. The Kier molecular flexibility index (Phi) is 7.64. The topological polar surface area (TPSA) is 49.6 Å². The molecule has 0 N–H and O–H groups in total. The maximum absolute atomic E-state index is 9.67. The zero-order chi connectivity index (χ0) is 35.1. The standard InChI is InChI=1S/C49H33N3/c1-49(39-20-9-4-10-21-39)42-23-12-11-22-41(42)47-43(49)29-28-40(46(47)35-26-24-33(32-50)25-27-35)37-18-13-19-38(30-37)45-31-44(34-14-5-2-6-15-34)51-48(52-45)36-16-7-3-8-17-36/h2-31H,1H3. The largest absolute Gasteiger partial charge is 0.228 e. The van der Waals surface area contributed by atoms with Gasteiger partial charge in [-0.1, -0.05) is 158 Å². The summed E-state index contributed by atoms with van der Waals surface area (Å²) in [5.41, 5.74) is 15.8. The fourth-order valence-corrected chi connectivity index (χ4v) is 7.83. The van der Waals surface area contributed by atoms with Crippen molar-refractivity contribution in [3.63, 3.8) is 0 Å². The normalized spacial score (nSPS) is 14.3. The van der Waals surface area contributed by atoms with Crippen molar-refractivity contribution < 1.29 is 0 Å². The van der Waals surface area contributed by atoms with Crippen molar-refractivity contribution in [1.82, 2.24) is 9.97 Å². The second-order valence-electron chi connectivity index (χ2n) is 13.4. The highest BCUT2D eigenvalue weighted by Crippen LogP contribution is 2.57. The second-order valence-corrected chi connectivity index (χ2v) is 13.4. The lowest BCUT2D eigenvalue weighted by Gasteiger charge is -2.29. The summed E-state index contributed by atoms with van der Waals surface area (Å²) in [4.78, 5) is 10.1. The zero-order valence-electron chi connectivity index (χ0n) is 28.7. The molecule has 0 spiro atoms. The van der Waals surface area contributed by atoms with Crippen LogP contribution in [0.15, 0.2) is 182 Å². The minimum Gasteiger partial charge on any atom is -0.228 e. The van der Waals surface area contributed by atoms with Gasteiger partial charge in [0, 0.05) is 22.1 Å². The van der Waals surface area contributed by atoms with Crippen LogP contribution in [0.25, 0.3) is 67.3 Å². The predicted molar refractivity (Wildman–Crippen MR) is 211 cm³/mol. The Balaban J connectivity index is 1.27. The number of nitrogens with zero attached hydrogens (tertiary/aromatic N) is 3. The number of benzene rings is 7. The molecular formula is C49H33N3. The Labute approximate surface area is 304 Å². The van der Waals surface area contributed by atoms with Crippen molar-refractivity contribution in [2.75, 3.05) is 0 Å². The molecule has 3 nitrogen and oxygen atoms in total. The Morgan fingerprint density at radius 2 is 1.04 bits per heavy atom. The van der Waals surface area contributed by atoms with Crippen molar-refractivity contribution in [1.29, 1.82) is 5.26 Å². The van der Waals surface area contributed by atoms with E-state index in [-0.39, 0.29) is 5.41 Å². The number of hydrogen-bond acceptors (Lipinski definition) is 3. The molecule has 9 rings (SSSR count). The summed E-state index contributed by atoms with van der Waals surface area (Å²) in [6, 6.07) is 65.8. The molecule has 0 amide bonds. The molecule has 0 radical (unpaired) electrons. The Morgan fingerprint density at radius 3 is 1.75 bits per heavy atom. The molecule has 52 heavy (non-hydrogen) atoms. The van der Waals surface area contributed by atoms with E-state index < -0.39 is 0 Å². The highest BCUT2D eigenvalue weighted by molar-refractivity contribution is 6.01. The highest BCUT2D eigenvalue weighted by atomic mass is 14.9. The molecule has 1 heterocycles. The molecule has 1 aliphatic carbocycles. The molecule has 0 fully saturated rings. The smallest absolute Gasteiger partial charge is 0.160 e. The van der Waals surface area contributed by atoms with Gasteiger partial charge in [-0.3, -0.25) is 0 Å². The third-order valence-electron chi connectivity index (χ3n) is 10.4. The monoisotopic (exact) mass is 663 g/mol. The summed E-state index contributed by atoms with van der Waals surface area (Å²) in [6.45, 7) is 2.35. The Morgan fingerprint density at radius 1 is 0.442 bits per heavy atom. The van der Waals surface area contributed by atoms with Crippen LogP contribution >= 0.6 is 0 Å². The number of hydrogen-bond donors (Lipinski definition) is 0. The van der Waals surface area contributed by atoms with Crippen LogP contribution in [-0.4, -0.2) is 9.97 Å². The van der Waals surface area contributed by atoms with E-state index in [1.54, 1.807) is 0 Å². The van der Waals surface area contributed by atoms with Gasteiger partial charge in [0.2, 0.25) is 0 Å². The van der Waals surface area contributed by atoms with Gasteiger partial charge in [0.1, 0.15) is 0 Å². The average molecular weight is 664 g/mol. The minimum absolute atomic E-state index is 0.336. The molecular weight excluding hydrogens is 631 g/mol. The first-order valence-electron chi connectivity index (χ1n) is 17.6. The molecule has 1 atom stereocenters. The van der Waals surface area contributed by atoms with Gasteiger partial charge in [0.05, 0.1) is 23.0 Å². The maximum Gasteiger partial charge on any atom is 0.160 e. The van der Waals surface area contributed by atoms with Crippen LogP contribution in [0, 0.1) is 11.3 Å². The van der Waals surface area contributed by atoms with E-state index >= 15 is 0 Å². The molecule has 0 saturated heterocycles. The molecule has 8 aromatic rings. The molecule has 0 saturated carbocycles. The highest BCUT2D eigenvalue weighted by Gasteiger charge is 2.42. The molecule has 1 aromatic heterocycles. The molecule has 3 heteroatoms. The molecule has 0 bridgehead atoms. The van der Waals surface area contributed by atoms with Crippen molar-refractivity contribution in [2.45, 2.75) is 12.3 Å². The van der Waals surface area contributed by atoms with E-state index in [9.17, 15) is 5.26 Å². The third kappa shape index (κ3) is 5.21. The van der Waals surface area contributed by atoms with Crippen molar-refractivity contribution >= 4 is 0 Å². The summed E-state index contributed by atoms with van der Waals surface area (Å²) in [6.07, 6.45) is 0. The molecule has 244 valence electrons. The third-order valence-corrected chi connectivity index (χ3v) is 10.4. The fourth-order valence-electron chi connectivity index (χ4n) is 7.83. The summed E-state index contributed by atoms with van der Waals surface area (Å²) in [7, 11) is 0. The lowest BCUT2D eigenvalue weighted by Crippen LogP contribution is -2.22. The molecule has 7 aromatic carbocycles. The second kappa shape index (κ2) is 12.8. The quantitative estimate of drug-likeness (QED) is 0.178. The Hall–Kier alpha value is -6.89. The van der Waals surface area contributed by atoms with Crippen LogP contribution in [0.4, 0.5) is 0 Å². The SMILES string of the molecule is CC1(c2ccccc2)c2ccccc2-c2c1ccc(-c1cccc(-c3cc(-c4ccccc4)nc(-c4ccccc4)n3)c1)c2-c1ccc(C#N)cc1. The van der Waals surface area contributed by atoms with Crippen LogP contribution in [0.3, 0.4) is 0 Å². The maximum atomic E-state index is 9.67. The molecule has 1 aliphatic rings.